The largest absolute Gasteiger partial charge is 0.465 e. The van der Waals surface area contributed by atoms with Gasteiger partial charge in [-0.1, -0.05) is 11.6 Å². The second-order valence-corrected chi connectivity index (χ2v) is 6.62. The molecule has 1 aliphatic rings. The summed E-state index contributed by atoms with van der Waals surface area (Å²) < 4.78 is 10.4. The first-order valence-electron chi connectivity index (χ1n) is 7.46. The van der Waals surface area contributed by atoms with E-state index >= 15 is 0 Å². The van der Waals surface area contributed by atoms with Crippen molar-refractivity contribution in [2.45, 2.75) is 6.10 Å². The fourth-order valence-corrected chi connectivity index (χ4v) is 3.68. The van der Waals surface area contributed by atoms with Crippen LogP contribution < -0.4 is 4.90 Å². The maximum absolute atomic E-state index is 11.7. The zero-order chi connectivity index (χ0) is 18.0. The van der Waals surface area contributed by atoms with E-state index in [0.29, 0.717) is 25.4 Å². The van der Waals surface area contributed by atoms with Gasteiger partial charge in [-0.05, 0) is 28.5 Å². The molecule has 0 bridgehead atoms. The second-order valence-electron chi connectivity index (χ2n) is 5.43. The van der Waals surface area contributed by atoms with Crippen LogP contribution in [0, 0.1) is 10.1 Å². The number of nitro groups is 1. The quantitative estimate of drug-likeness (QED) is 0.456. The fourth-order valence-electron chi connectivity index (χ4n) is 2.75. The number of thiophene rings is 1. The van der Waals surface area contributed by atoms with Crippen LogP contribution >= 0.6 is 22.9 Å². The topological polar surface area (TPSA) is 81.9 Å². The molecule has 1 fully saturated rings. The molecule has 9 heteroatoms. The Kier molecular flexibility index (Phi) is 5.22. The third-order valence-corrected chi connectivity index (χ3v) is 5.00. The van der Waals surface area contributed by atoms with Crippen LogP contribution in [0.4, 0.5) is 11.4 Å². The molecule has 25 heavy (non-hydrogen) atoms. The van der Waals surface area contributed by atoms with Crippen LogP contribution in [0.15, 0.2) is 29.0 Å². The number of nitro benzene ring substituents is 1. The van der Waals surface area contributed by atoms with Crippen LogP contribution in [0.5, 0.6) is 0 Å². The van der Waals surface area contributed by atoms with Crippen molar-refractivity contribution in [1.82, 2.24) is 0 Å². The van der Waals surface area contributed by atoms with Gasteiger partial charge in [0.2, 0.25) is 0 Å². The third-order valence-electron chi connectivity index (χ3n) is 3.99. The van der Waals surface area contributed by atoms with Crippen molar-refractivity contribution >= 4 is 40.3 Å². The zero-order valence-electron chi connectivity index (χ0n) is 13.3. The van der Waals surface area contributed by atoms with Crippen LogP contribution in [0.3, 0.4) is 0 Å². The molecule has 0 radical (unpaired) electrons. The zero-order valence-corrected chi connectivity index (χ0v) is 14.9. The first kappa shape index (κ1) is 17.7. The Bertz CT molecular complexity index is 796. The molecule has 1 saturated heterocycles. The van der Waals surface area contributed by atoms with Gasteiger partial charge in [-0.25, -0.2) is 4.79 Å². The number of esters is 1. The van der Waals surface area contributed by atoms with Crippen molar-refractivity contribution in [2.75, 3.05) is 31.7 Å². The highest BCUT2D eigenvalue weighted by Gasteiger charge is 2.29. The van der Waals surface area contributed by atoms with Crippen molar-refractivity contribution in [3.63, 3.8) is 0 Å². The van der Waals surface area contributed by atoms with E-state index in [4.69, 9.17) is 16.3 Å². The van der Waals surface area contributed by atoms with E-state index in [1.165, 1.54) is 19.2 Å². The molecular formula is C16H15ClN2O5S. The van der Waals surface area contributed by atoms with Crippen LogP contribution in [-0.4, -0.2) is 37.7 Å². The number of carbonyl (C=O) groups is 1. The molecule has 0 N–H and O–H groups in total. The molecule has 0 aliphatic carbocycles. The number of benzene rings is 1. The summed E-state index contributed by atoms with van der Waals surface area (Å²) in [7, 11) is 1.20. The van der Waals surface area contributed by atoms with Crippen molar-refractivity contribution in [3.8, 4) is 0 Å². The molecule has 2 aromatic rings. The van der Waals surface area contributed by atoms with Gasteiger partial charge in [-0.3, -0.25) is 10.1 Å². The molecule has 1 aromatic carbocycles. The number of nitrogens with zero attached hydrogens (tertiary/aromatic N) is 2. The minimum absolute atomic E-state index is 0.0257. The average Bonchev–Trinajstić information content (AvgIpc) is 3.15. The lowest BCUT2D eigenvalue weighted by Gasteiger charge is -2.34. The van der Waals surface area contributed by atoms with Gasteiger partial charge in [-0.15, -0.1) is 0 Å². The fraction of sp³-hybridized carbons (Fsp3) is 0.312. The Hall–Kier alpha value is -2.16. The lowest BCUT2D eigenvalue weighted by Crippen LogP contribution is -2.38. The number of carbonyl (C=O) groups excluding carboxylic acids is 1. The molecule has 1 aliphatic heterocycles. The SMILES string of the molecule is COC(=O)c1cc([N+](=O)[O-])c(N2CCOC(c3ccsc3)C2)cc1Cl. The van der Waals surface area contributed by atoms with E-state index in [2.05, 4.69) is 4.74 Å². The lowest BCUT2D eigenvalue weighted by atomic mass is 10.1. The number of hydrogen-bond donors (Lipinski definition) is 0. The van der Waals surface area contributed by atoms with Crippen LogP contribution in [0.1, 0.15) is 22.0 Å². The summed E-state index contributed by atoms with van der Waals surface area (Å²) >= 11 is 7.72. The maximum atomic E-state index is 11.7. The summed E-state index contributed by atoms with van der Waals surface area (Å²) in [4.78, 5) is 24.6. The van der Waals surface area contributed by atoms with E-state index in [9.17, 15) is 14.9 Å². The minimum Gasteiger partial charge on any atom is -0.465 e. The number of hydrogen-bond acceptors (Lipinski definition) is 7. The summed E-state index contributed by atoms with van der Waals surface area (Å²) in [5.74, 6) is -0.710. The van der Waals surface area contributed by atoms with E-state index in [-0.39, 0.29) is 22.4 Å². The molecule has 0 spiro atoms. The number of morpholine rings is 1. The predicted molar refractivity (Wildman–Crippen MR) is 94.7 cm³/mol. The Morgan fingerprint density at radius 2 is 2.32 bits per heavy atom. The Labute approximate surface area is 152 Å². The molecule has 1 aromatic heterocycles. The van der Waals surface area contributed by atoms with E-state index in [0.717, 1.165) is 5.56 Å². The van der Waals surface area contributed by atoms with Gasteiger partial charge in [0, 0.05) is 19.2 Å². The standard InChI is InChI=1S/C16H15ClN2O5S/c1-23-16(20)11-6-14(19(21)22)13(7-12(11)17)18-3-4-24-15(8-18)10-2-5-25-9-10/h2,5-7,9,15H,3-4,8H2,1H3. The molecule has 2 heterocycles. The number of methoxy groups -OCH3 is 1. The summed E-state index contributed by atoms with van der Waals surface area (Å²) in [5.41, 5.74) is 1.19. The molecule has 0 saturated carbocycles. The number of halogens is 1. The lowest BCUT2D eigenvalue weighted by molar-refractivity contribution is -0.384. The molecule has 7 nitrogen and oxygen atoms in total. The minimum atomic E-state index is -0.710. The van der Waals surface area contributed by atoms with Crippen LogP contribution in [0.2, 0.25) is 5.02 Å². The Morgan fingerprint density at radius 1 is 1.52 bits per heavy atom. The normalized spacial score (nSPS) is 17.4. The van der Waals surface area contributed by atoms with Crippen LogP contribution in [0.25, 0.3) is 0 Å². The van der Waals surface area contributed by atoms with Gasteiger partial charge in [0.1, 0.15) is 11.8 Å². The average molecular weight is 383 g/mol. The highest BCUT2D eigenvalue weighted by atomic mass is 35.5. The number of anilines is 1. The van der Waals surface area contributed by atoms with Gasteiger partial charge in [0.05, 0.1) is 29.2 Å². The molecule has 3 rings (SSSR count). The monoisotopic (exact) mass is 382 g/mol. The van der Waals surface area contributed by atoms with Gasteiger partial charge in [0.25, 0.3) is 5.69 Å². The predicted octanol–water partition coefficient (Wildman–Crippen LogP) is 3.67. The van der Waals surface area contributed by atoms with Gasteiger partial charge >= 0.3 is 5.97 Å². The molecular weight excluding hydrogens is 368 g/mol. The summed E-state index contributed by atoms with van der Waals surface area (Å²) in [6, 6.07) is 4.58. The molecule has 1 unspecified atom stereocenters. The van der Waals surface area contributed by atoms with E-state index < -0.39 is 10.9 Å². The Morgan fingerprint density at radius 3 is 2.96 bits per heavy atom. The Balaban J connectivity index is 1.96. The molecule has 0 amide bonds. The number of rotatable bonds is 4. The maximum Gasteiger partial charge on any atom is 0.339 e. The van der Waals surface area contributed by atoms with E-state index in [1.54, 1.807) is 11.3 Å². The van der Waals surface area contributed by atoms with Crippen molar-refractivity contribution in [2.24, 2.45) is 0 Å². The summed E-state index contributed by atoms with van der Waals surface area (Å²) in [6.45, 7) is 1.40. The first-order chi connectivity index (χ1) is 12.0. The van der Waals surface area contributed by atoms with Gasteiger partial charge in [0.15, 0.2) is 0 Å². The summed E-state index contributed by atoms with van der Waals surface area (Å²) in [5, 5.41) is 15.6. The smallest absolute Gasteiger partial charge is 0.339 e. The third kappa shape index (κ3) is 3.60. The van der Waals surface area contributed by atoms with Crippen molar-refractivity contribution in [1.29, 1.82) is 0 Å². The van der Waals surface area contributed by atoms with Gasteiger partial charge in [-0.2, -0.15) is 11.3 Å². The first-order valence-corrected chi connectivity index (χ1v) is 8.78. The van der Waals surface area contributed by atoms with Crippen molar-refractivity contribution in [3.05, 3.63) is 55.2 Å². The molecule has 1 atom stereocenters. The van der Waals surface area contributed by atoms with Crippen LogP contribution in [-0.2, 0) is 9.47 Å². The highest BCUT2D eigenvalue weighted by molar-refractivity contribution is 7.07. The van der Waals surface area contributed by atoms with E-state index in [1.807, 2.05) is 21.7 Å². The number of ether oxygens (including phenoxy) is 2. The molecule has 132 valence electrons. The second kappa shape index (κ2) is 7.38. The summed E-state index contributed by atoms with van der Waals surface area (Å²) in [6.07, 6.45) is -0.168. The van der Waals surface area contributed by atoms with Crippen molar-refractivity contribution < 1.29 is 19.2 Å². The van der Waals surface area contributed by atoms with Gasteiger partial charge < -0.3 is 14.4 Å². The highest BCUT2D eigenvalue weighted by Crippen LogP contribution is 2.37.